The summed E-state index contributed by atoms with van der Waals surface area (Å²) >= 11 is 0. The molecule has 0 saturated heterocycles. The third kappa shape index (κ3) is 7.42. The predicted molar refractivity (Wildman–Crippen MR) is 125 cm³/mol. The fourth-order valence-corrected chi connectivity index (χ4v) is 2.41. The molecule has 168 valence electrons. The number of nitrogens with one attached hydrogen (secondary N) is 3. The monoisotopic (exact) mass is 439 g/mol. The van der Waals surface area contributed by atoms with Crippen molar-refractivity contribution in [2.45, 2.75) is 13.8 Å². The molecule has 0 fully saturated rings. The lowest BCUT2D eigenvalue weighted by Crippen LogP contribution is -2.27. The standard InChI is InChI=1S/C20H25N9O3/c1-12(23-11-18(21)28-31)14-3-7-16(8-4-14)24-20(30)25-17-9-5-15(6-10-17)13(2)26-27-19(22)29-32/h3-10,31-32H,11H2,1-2H3,(H2,21,28)(H3,22,27,29)(H2,24,25,30)/b23-12?,26-13+. The zero-order valence-electron chi connectivity index (χ0n) is 17.6. The number of guanidine groups is 1. The maximum Gasteiger partial charge on any atom is 0.323 e. The first kappa shape index (κ1) is 23.8. The summed E-state index contributed by atoms with van der Waals surface area (Å²) in [6.07, 6.45) is 0. The minimum atomic E-state index is -0.403. The molecule has 2 amide bonds. The lowest BCUT2D eigenvalue weighted by Gasteiger charge is -2.09. The summed E-state index contributed by atoms with van der Waals surface area (Å²) in [6.45, 7) is 3.63. The molecule has 32 heavy (non-hydrogen) atoms. The van der Waals surface area contributed by atoms with Crippen LogP contribution < -0.4 is 27.6 Å². The molecule has 12 nitrogen and oxygen atoms in total. The third-order valence-corrected chi connectivity index (χ3v) is 4.15. The number of carbonyl (C=O) groups is 1. The van der Waals surface area contributed by atoms with Crippen molar-refractivity contribution in [2.75, 3.05) is 17.2 Å². The van der Waals surface area contributed by atoms with E-state index in [-0.39, 0.29) is 18.3 Å². The van der Waals surface area contributed by atoms with Gasteiger partial charge in [-0.1, -0.05) is 29.4 Å². The number of oxime groups is 1. The topological polar surface area (TPSA) is 195 Å². The molecule has 9 N–H and O–H groups in total. The number of carbonyl (C=O) groups excluding carboxylic acids is 1. The van der Waals surface area contributed by atoms with E-state index in [0.717, 1.165) is 11.1 Å². The van der Waals surface area contributed by atoms with Gasteiger partial charge in [-0.2, -0.15) is 5.10 Å². The number of nitrogens with two attached hydrogens (primary N) is 2. The minimum Gasteiger partial charge on any atom is -0.409 e. The smallest absolute Gasteiger partial charge is 0.323 e. The van der Waals surface area contributed by atoms with E-state index in [9.17, 15) is 4.79 Å². The SMILES string of the molecule is CC(=NCC(N)=NO)c1ccc(NC(=O)Nc2ccc(/C(C)=N/N=C(N)NO)cc2)cc1. The Labute approximate surface area is 184 Å². The van der Waals surface area contributed by atoms with Gasteiger partial charge in [-0.15, -0.1) is 5.10 Å². The molecule has 0 spiro atoms. The number of hydrogen-bond donors (Lipinski definition) is 7. The van der Waals surface area contributed by atoms with E-state index in [1.165, 1.54) is 0 Å². The highest BCUT2D eigenvalue weighted by Gasteiger charge is 2.05. The molecule has 2 aromatic carbocycles. The molecule has 0 atom stereocenters. The second kappa shape index (κ2) is 11.7. The molecule has 0 aliphatic heterocycles. The van der Waals surface area contributed by atoms with Gasteiger partial charge in [0.2, 0.25) is 5.96 Å². The van der Waals surface area contributed by atoms with Gasteiger partial charge in [-0.25, -0.2) is 10.3 Å². The van der Waals surface area contributed by atoms with Crippen LogP contribution in [0.2, 0.25) is 0 Å². The van der Waals surface area contributed by atoms with E-state index in [1.807, 2.05) is 0 Å². The second-order valence-corrected chi connectivity index (χ2v) is 6.51. The highest BCUT2D eigenvalue weighted by atomic mass is 16.5. The Morgan fingerprint density at radius 2 is 1.38 bits per heavy atom. The van der Waals surface area contributed by atoms with Crippen LogP contribution in [0.15, 0.2) is 68.9 Å². The van der Waals surface area contributed by atoms with E-state index in [4.69, 9.17) is 21.9 Å². The third-order valence-electron chi connectivity index (χ3n) is 4.15. The van der Waals surface area contributed by atoms with E-state index < -0.39 is 6.03 Å². The van der Waals surface area contributed by atoms with Crippen molar-refractivity contribution >= 4 is 40.6 Å². The van der Waals surface area contributed by atoms with Crippen LogP contribution in [-0.4, -0.2) is 46.2 Å². The van der Waals surface area contributed by atoms with Crippen LogP contribution in [0.25, 0.3) is 0 Å². The summed E-state index contributed by atoms with van der Waals surface area (Å²) in [7, 11) is 0. The van der Waals surface area contributed by atoms with Crippen LogP contribution in [0.1, 0.15) is 25.0 Å². The number of aliphatic imine (C=N–C) groups is 1. The molecule has 0 heterocycles. The molecule has 0 aliphatic carbocycles. The molecule has 12 heteroatoms. The number of benzene rings is 2. The maximum atomic E-state index is 12.3. The number of urea groups is 1. The van der Waals surface area contributed by atoms with Crippen LogP contribution >= 0.6 is 0 Å². The lowest BCUT2D eigenvalue weighted by atomic mass is 10.1. The van der Waals surface area contributed by atoms with Crippen molar-refractivity contribution in [1.29, 1.82) is 0 Å². The van der Waals surface area contributed by atoms with Gasteiger partial charge in [0.25, 0.3) is 0 Å². The number of anilines is 2. The summed E-state index contributed by atoms with van der Waals surface area (Å²) < 4.78 is 0. The van der Waals surface area contributed by atoms with E-state index in [2.05, 4.69) is 31.0 Å². The molecule has 0 radical (unpaired) electrons. The molecule has 0 unspecified atom stereocenters. The fourth-order valence-electron chi connectivity index (χ4n) is 2.41. The normalized spacial score (nSPS) is 13.0. The first-order valence-electron chi connectivity index (χ1n) is 9.36. The number of hydrogen-bond acceptors (Lipinski definition) is 7. The zero-order valence-corrected chi connectivity index (χ0v) is 17.6. The molecule has 0 aromatic heterocycles. The van der Waals surface area contributed by atoms with Crippen LogP contribution in [-0.2, 0) is 0 Å². The molecular weight excluding hydrogens is 414 g/mol. The number of nitrogens with zero attached hydrogens (tertiary/aromatic N) is 4. The van der Waals surface area contributed by atoms with Crippen molar-refractivity contribution in [3.8, 4) is 0 Å². The Balaban J connectivity index is 1.95. The molecule has 2 aromatic rings. The summed E-state index contributed by atoms with van der Waals surface area (Å²) in [4.78, 5) is 16.5. The van der Waals surface area contributed by atoms with Crippen molar-refractivity contribution in [1.82, 2.24) is 5.48 Å². The van der Waals surface area contributed by atoms with Gasteiger partial charge in [0, 0.05) is 17.1 Å². The molecular formula is C20H25N9O3. The van der Waals surface area contributed by atoms with Gasteiger partial charge in [-0.3, -0.25) is 10.2 Å². The van der Waals surface area contributed by atoms with Crippen LogP contribution in [0.4, 0.5) is 16.2 Å². The van der Waals surface area contributed by atoms with Crippen molar-refractivity contribution in [2.24, 2.45) is 31.8 Å². The Bertz CT molecular complexity index is 1040. The number of hydroxylamine groups is 1. The summed E-state index contributed by atoms with van der Waals surface area (Å²) in [5.41, 5.74) is 16.5. The quantitative estimate of drug-likeness (QED) is 0.149. The Kier molecular flexibility index (Phi) is 8.68. The number of amides is 2. The zero-order chi connectivity index (χ0) is 23.5. The van der Waals surface area contributed by atoms with Gasteiger partial charge in [0.05, 0.1) is 5.71 Å². The average molecular weight is 439 g/mol. The van der Waals surface area contributed by atoms with Gasteiger partial charge in [0.15, 0.2) is 5.84 Å². The van der Waals surface area contributed by atoms with E-state index >= 15 is 0 Å². The largest absolute Gasteiger partial charge is 0.409 e. The Morgan fingerprint density at radius 1 is 0.875 bits per heavy atom. The van der Waals surface area contributed by atoms with Gasteiger partial charge in [0.1, 0.15) is 6.54 Å². The maximum absolute atomic E-state index is 12.3. The van der Waals surface area contributed by atoms with Gasteiger partial charge < -0.3 is 27.3 Å². The first-order chi connectivity index (χ1) is 15.3. The molecule has 0 saturated carbocycles. The van der Waals surface area contributed by atoms with Crippen LogP contribution in [0.5, 0.6) is 0 Å². The van der Waals surface area contributed by atoms with Crippen LogP contribution in [0, 0.1) is 0 Å². The highest BCUT2D eigenvalue weighted by molar-refractivity contribution is 6.03. The average Bonchev–Trinajstić information content (AvgIpc) is 2.81. The Hall–Kier alpha value is -4.45. The molecule has 0 aliphatic rings. The molecule has 0 bridgehead atoms. The van der Waals surface area contributed by atoms with Gasteiger partial charge in [-0.05, 0) is 49.2 Å². The summed E-state index contributed by atoms with van der Waals surface area (Å²) in [5, 5.41) is 33.0. The number of amidine groups is 1. The van der Waals surface area contributed by atoms with E-state index in [1.54, 1.807) is 67.9 Å². The van der Waals surface area contributed by atoms with Gasteiger partial charge >= 0.3 is 6.03 Å². The second-order valence-electron chi connectivity index (χ2n) is 6.51. The fraction of sp³-hybridized carbons (Fsp3) is 0.150. The molecule has 2 rings (SSSR count). The summed E-state index contributed by atoms with van der Waals surface area (Å²) in [6, 6.07) is 13.7. The van der Waals surface area contributed by atoms with Crippen molar-refractivity contribution in [3.05, 3.63) is 59.7 Å². The first-order valence-corrected chi connectivity index (χ1v) is 9.36. The Morgan fingerprint density at radius 3 is 1.84 bits per heavy atom. The lowest BCUT2D eigenvalue weighted by molar-refractivity contribution is 0.232. The predicted octanol–water partition coefficient (Wildman–Crippen LogP) is 1.90. The van der Waals surface area contributed by atoms with Crippen LogP contribution in [0.3, 0.4) is 0 Å². The highest BCUT2D eigenvalue weighted by Crippen LogP contribution is 2.14. The van der Waals surface area contributed by atoms with Crippen molar-refractivity contribution in [3.63, 3.8) is 0 Å². The minimum absolute atomic E-state index is 0.0204. The summed E-state index contributed by atoms with van der Waals surface area (Å²) in [5.74, 6) is -0.206. The van der Waals surface area contributed by atoms with Crippen molar-refractivity contribution < 1.29 is 15.2 Å². The van der Waals surface area contributed by atoms with E-state index in [0.29, 0.717) is 22.8 Å². The number of rotatable bonds is 7.